The molecule has 0 unspecified atom stereocenters. The van der Waals surface area contributed by atoms with Gasteiger partial charge in [0.15, 0.2) is 11.6 Å². The van der Waals surface area contributed by atoms with Crippen molar-refractivity contribution in [2.75, 3.05) is 17.7 Å². The van der Waals surface area contributed by atoms with Gasteiger partial charge in [-0.05, 0) is 65.8 Å². The zero-order valence-corrected chi connectivity index (χ0v) is 17.3. The van der Waals surface area contributed by atoms with E-state index in [1.165, 1.54) is 18.2 Å². The molecule has 29 heavy (non-hydrogen) atoms. The van der Waals surface area contributed by atoms with Crippen molar-refractivity contribution in [2.45, 2.75) is 57.7 Å². The van der Waals surface area contributed by atoms with Crippen LogP contribution in [0.1, 0.15) is 46.1 Å². The van der Waals surface area contributed by atoms with E-state index in [0.717, 1.165) is 19.0 Å². The number of nitrogens with zero attached hydrogens (tertiary/aromatic N) is 4. The molecule has 1 fully saturated rings. The first-order valence-corrected chi connectivity index (χ1v) is 9.51. The van der Waals surface area contributed by atoms with E-state index in [9.17, 15) is 8.78 Å². The smallest absolute Gasteiger partial charge is 0.229 e. The number of aromatic nitrogens is 2. The molecule has 2 heterocycles. The van der Waals surface area contributed by atoms with Gasteiger partial charge >= 0.3 is 0 Å². The van der Waals surface area contributed by atoms with Gasteiger partial charge in [0.05, 0.1) is 11.8 Å². The average molecular weight is 400 g/mol. The fourth-order valence-corrected chi connectivity index (χ4v) is 4.01. The predicted octanol–water partition coefficient (Wildman–Crippen LogP) is 4.43. The van der Waals surface area contributed by atoms with Crippen LogP contribution in [-0.4, -0.2) is 39.0 Å². The summed E-state index contributed by atoms with van der Waals surface area (Å²) in [5, 5.41) is 15.1. The molecule has 1 aromatic heterocycles. The number of hydrogen-bond acceptors (Lipinski definition) is 6. The van der Waals surface area contributed by atoms with Crippen LogP contribution in [0.3, 0.4) is 0 Å². The van der Waals surface area contributed by atoms with E-state index in [1.807, 2.05) is 0 Å². The summed E-state index contributed by atoms with van der Waals surface area (Å²) in [5.74, 6) is -0.864. The Bertz CT molecular complexity index is 933. The van der Waals surface area contributed by atoms with Gasteiger partial charge in [0.25, 0.3) is 0 Å². The highest BCUT2D eigenvalue weighted by Crippen LogP contribution is 2.38. The fraction of sp³-hybridized carbons (Fsp3) is 0.476. The minimum absolute atomic E-state index is 0.0458. The number of hydrogen-bond donors (Lipinski definition) is 2. The summed E-state index contributed by atoms with van der Waals surface area (Å²) < 4.78 is 27.9. The average Bonchev–Trinajstić information content (AvgIpc) is 2.63. The van der Waals surface area contributed by atoms with Crippen LogP contribution >= 0.6 is 0 Å². The van der Waals surface area contributed by atoms with Gasteiger partial charge in [0.2, 0.25) is 5.95 Å². The highest BCUT2D eigenvalue weighted by molar-refractivity contribution is 5.57. The molecule has 1 aliphatic rings. The molecular weight excluding hydrogens is 374 g/mol. The Kier molecular flexibility index (Phi) is 5.46. The number of nitriles is 1. The van der Waals surface area contributed by atoms with Gasteiger partial charge in [0, 0.05) is 22.8 Å². The molecule has 3 rings (SSSR count). The zero-order valence-electron chi connectivity index (χ0n) is 17.3. The van der Waals surface area contributed by atoms with Crippen molar-refractivity contribution >= 4 is 17.5 Å². The van der Waals surface area contributed by atoms with Gasteiger partial charge in [0.1, 0.15) is 11.9 Å². The van der Waals surface area contributed by atoms with E-state index in [1.54, 1.807) is 6.07 Å². The van der Waals surface area contributed by atoms with Crippen LogP contribution in [0.15, 0.2) is 24.4 Å². The lowest BCUT2D eigenvalue weighted by Crippen LogP contribution is -2.61. The third-order valence-electron chi connectivity index (χ3n) is 5.74. The van der Waals surface area contributed by atoms with Gasteiger partial charge < -0.3 is 10.6 Å². The third kappa shape index (κ3) is 4.46. The van der Waals surface area contributed by atoms with E-state index < -0.39 is 11.6 Å². The minimum Gasteiger partial charge on any atom is -0.365 e. The summed E-state index contributed by atoms with van der Waals surface area (Å²) in [7, 11) is 2.11. The number of likely N-dealkylation sites (tertiary alicyclic amines) is 1. The molecule has 8 heteroatoms. The summed E-state index contributed by atoms with van der Waals surface area (Å²) in [4.78, 5) is 10.6. The second-order valence-electron chi connectivity index (χ2n) is 8.75. The Morgan fingerprint density at radius 1 is 1.14 bits per heavy atom. The van der Waals surface area contributed by atoms with Gasteiger partial charge in [-0.1, -0.05) is 0 Å². The van der Waals surface area contributed by atoms with Gasteiger partial charge in [-0.15, -0.1) is 0 Å². The van der Waals surface area contributed by atoms with E-state index in [4.69, 9.17) is 5.26 Å². The van der Waals surface area contributed by atoms with Crippen molar-refractivity contribution in [3.63, 3.8) is 0 Å². The maximum Gasteiger partial charge on any atom is 0.229 e. The Labute approximate surface area is 170 Å². The molecular formula is C21H26F2N6. The minimum atomic E-state index is -0.604. The summed E-state index contributed by atoms with van der Waals surface area (Å²) >= 11 is 0. The van der Waals surface area contributed by atoms with Crippen molar-refractivity contribution in [1.29, 1.82) is 5.26 Å². The molecule has 154 valence electrons. The fourth-order valence-electron chi connectivity index (χ4n) is 4.01. The molecule has 0 bridgehead atoms. The molecule has 0 spiro atoms. The third-order valence-corrected chi connectivity index (χ3v) is 5.74. The van der Waals surface area contributed by atoms with Crippen LogP contribution in [0.4, 0.5) is 26.2 Å². The van der Waals surface area contributed by atoms with E-state index in [-0.39, 0.29) is 34.4 Å². The molecule has 2 aromatic rings. The molecule has 6 nitrogen and oxygen atoms in total. The lowest BCUT2D eigenvalue weighted by atomic mass is 9.77. The van der Waals surface area contributed by atoms with Crippen molar-refractivity contribution in [1.82, 2.24) is 14.9 Å². The second-order valence-corrected chi connectivity index (χ2v) is 8.75. The Morgan fingerprint density at radius 3 is 2.41 bits per heavy atom. The molecule has 1 aliphatic heterocycles. The number of anilines is 3. The van der Waals surface area contributed by atoms with Crippen LogP contribution in [0.2, 0.25) is 0 Å². The van der Waals surface area contributed by atoms with Crippen molar-refractivity contribution < 1.29 is 8.78 Å². The molecule has 2 N–H and O–H groups in total. The summed E-state index contributed by atoms with van der Waals surface area (Å²) in [6, 6.07) is 5.84. The topological polar surface area (TPSA) is 76.9 Å². The van der Waals surface area contributed by atoms with Crippen LogP contribution in [0, 0.1) is 23.0 Å². The number of piperidine rings is 1. The molecule has 1 aromatic carbocycles. The van der Waals surface area contributed by atoms with Gasteiger partial charge in [-0.3, -0.25) is 4.90 Å². The van der Waals surface area contributed by atoms with Gasteiger partial charge in [-0.2, -0.15) is 10.2 Å². The summed E-state index contributed by atoms with van der Waals surface area (Å²) in [6.07, 6.45) is 2.77. The molecule has 0 atom stereocenters. The van der Waals surface area contributed by atoms with E-state index in [0.29, 0.717) is 5.69 Å². The second kappa shape index (κ2) is 7.56. The predicted molar refractivity (Wildman–Crippen MR) is 109 cm³/mol. The maximum absolute atomic E-state index is 14.4. The van der Waals surface area contributed by atoms with Crippen LogP contribution in [0.5, 0.6) is 0 Å². The van der Waals surface area contributed by atoms with Crippen LogP contribution < -0.4 is 10.6 Å². The number of rotatable bonds is 4. The van der Waals surface area contributed by atoms with E-state index >= 15 is 0 Å². The van der Waals surface area contributed by atoms with Crippen molar-refractivity contribution in [2.24, 2.45) is 0 Å². The number of nitrogens with one attached hydrogen (secondary N) is 2. The number of benzene rings is 1. The lowest BCUT2D eigenvalue weighted by Gasteiger charge is -2.53. The van der Waals surface area contributed by atoms with Gasteiger partial charge in [-0.25, -0.2) is 13.8 Å². The maximum atomic E-state index is 14.4. The lowest BCUT2D eigenvalue weighted by molar-refractivity contribution is -0.00778. The highest BCUT2D eigenvalue weighted by atomic mass is 19.1. The molecule has 0 amide bonds. The SMILES string of the molecule is CN1C(C)(C)CC(Nc2nc(Nc3ccc(F)c(C#N)c3)ncc2F)CC1(C)C. The normalized spacial score (nSPS) is 18.8. The Morgan fingerprint density at radius 2 is 1.79 bits per heavy atom. The molecule has 0 aliphatic carbocycles. The standard InChI is InChI=1S/C21H26F2N6/c1-20(2)9-15(10-21(3,4)29(20)5)26-18-17(23)12-25-19(28-18)27-14-6-7-16(22)13(8-14)11-24/h6-8,12,15H,9-10H2,1-5H3,(H2,25,26,27,28). The van der Waals surface area contributed by atoms with Crippen LogP contribution in [0.25, 0.3) is 0 Å². The van der Waals surface area contributed by atoms with Crippen LogP contribution in [-0.2, 0) is 0 Å². The Balaban J connectivity index is 1.80. The number of halogens is 2. The quantitative estimate of drug-likeness (QED) is 0.791. The van der Waals surface area contributed by atoms with Crippen molar-refractivity contribution in [3.05, 3.63) is 41.6 Å². The Hall–Kier alpha value is -2.79. The molecule has 0 saturated carbocycles. The van der Waals surface area contributed by atoms with E-state index in [2.05, 4.69) is 60.2 Å². The first kappa shape index (κ1) is 20.9. The largest absolute Gasteiger partial charge is 0.365 e. The monoisotopic (exact) mass is 400 g/mol. The summed E-state index contributed by atoms with van der Waals surface area (Å²) in [6.45, 7) is 8.70. The molecule has 1 saturated heterocycles. The first-order chi connectivity index (χ1) is 13.5. The first-order valence-electron chi connectivity index (χ1n) is 9.51. The van der Waals surface area contributed by atoms with Crippen molar-refractivity contribution in [3.8, 4) is 6.07 Å². The highest BCUT2D eigenvalue weighted by Gasteiger charge is 2.43. The summed E-state index contributed by atoms with van der Waals surface area (Å²) in [5.41, 5.74) is 0.255. The molecule has 0 radical (unpaired) electrons. The zero-order chi connectivity index (χ0) is 21.4.